The molecule has 0 saturated carbocycles. The van der Waals surface area contributed by atoms with Crippen LogP contribution in [0.15, 0.2) is 23.3 Å². The van der Waals surface area contributed by atoms with Gasteiger partial charge in [0, 0.05) is 5.41 Å². The zero-order chi connectivity index (χ0) is 10.2. The molecule has 0 aromatic rings. The minimum atomic E-state index is -0.986. The third-order valence-corrected chi connectivity index (χ3v) is 2.08. The molecule has 1 aliphatic rings. The van der Waals surface area contributed by atoms with E-state index >= 15 is 0 Å². The highest BCUT2D eigenvalue weighted by atomic mass is 16.4. The average molecular weight is 180 g/mol. The van der Waals surface area contributed by atoms with E-state index in [2.05, 4.69) is 0 Å². The van der Waals surface area contributed by atoms with Crippen LogP contribution < -0.4 is 0 Å². The van der Waals surface area contributed by atoms with Gasteiger partial charge < -0.3 is 5.11 Å². The standard InChI is InChI=1S/C10H12O3/c1-6-4-7(9(12)13)5-10(2,3)8(6)11/h4-5H,1-3H3,(H,12,13). The molecular formula is C10H12O3. The number of carbonyl (C=O) groups is 2. The molecule has 0 unspecified atom stereocenters. The lowest BCUT2D eigenvalue weighted by Crippen LogP contribution is -2.27. The molecule has 1 aliphatic carbocycles. The molecule has 0 saturated heterocycles. The van der Waals surface area contributed by atoms with Gasteiger partial charge in [-0.1, -0.05) is 6.08 Å². The summed E-state index contributed by atoms with van der Waals surface area (Å²) in [5.74, 6) is -1.00. The highest BCUT2D eigenvalue weighted by Crippen LogP contribution is 2.29. The number of Topliss-reactive ketones (excluding diaryl/α,β-unsaturated/α-hetero) is 1. The number of rotatable bonds is 1. The molecule has 0 aromatic carbocycles. The number of aliphatic carboxylic acids is 1. The topological polar surface area (TPSA) is 54.4 Å². The lowest BCUT2D eigenvalue weighted by atomic mass is 9.79. The van der Waals surface area contributed by atoms with Crippen molar-refractivity contribution in [2.75, 3.05) is 0 Å². The lowest BCUT2D eigenvalue weighted by Gasteiger charge is -2.23. The van der Waals surface area contributed by atoms with E-state index in [0.29, 0.717) is 5.57 Å². The predicted octanol–water partition coefficient (Wildman–Crippen LogP) is 1.55. The van der Waals surface area contributed by atoms with E-state index in [1.807, 2.05) is 0 Å². The molecule has 0 fully saturated rings. The average Bonchev–Trinajstić information content (AvgIpc) is 1.99. The molecule has 0 radical (unpaired) electrons. The predicted molar refractivity (Wildman–Crippen MR) is 48.3 cm³/mol. The van der Waals surface area contributed by atoms with Crippen LogP contribution in [-0.4, -0.2) is 16.9 Å². The first-order valence-corrected chi connectivity index (χ1v) is 4.04. The first kappa shape index (κ1) is 9.71. The number of carboxylic acid groups (broad SMARTS) is 1. The molecule has 0 heterocycles. The zero-order valence-corrected chi connectivity index (χ0v) is 7.92. The number of carboxylic acids is 1. The maximum atomic E-state index is 11.5. The number of carbonyl (C=O) groups excluding carboxylic acids is 1. The van der Waals surface area contributed by atoms with Crippen LogP contribution in [0.5, 0.6) is 0 Å². The van der Waals surface area contributed by atoms with Crippen LogP contribution >= 0.6 is 0 Å². The summed E-state index contributed by atoms with van der Waals surface area (Å²) in [7, 11) is 0. The third-order valence-electron chi connectivity index (χ3n) is 2.08. The highest BCUT2D eigenvalue weighted by Gasteiger charge is 2.31. The summed E-state index contributed by atoms with van der Waals surface area (Å²) in [6.45, 7) is 5.07. The van der Waals surface area contributed by atoms with E-state index in [9.17, 15) is 9.59 Å². The third kappa shape index (κ3) is 1.69. The van der Waals surface area contributed by atoms with Crippen molar-refractivity contribution in [3.63, 3.8) is 0 Å². The Morgan fingerprint density at radius 2 is 2.00 bits per heavy atom. The molecule has 3 nitrogen and oxygen atoms in total. The van der Waals surface area contributed by atoms with Gasteiger partial charge in [0.1, 0.15) is 0 Å². The molecule has 13 heavy (non-hydrogen) atoms. The minimum Gasteiger partial charge on any atom is -0.478 e. The normalized spacial score (nSPS) is 20.7. The van der Waals surface area contributed by atoms with Crippen LogP contribution in [0.1, 0.15) is 20.8 Å². The first-order chi connectivity index (χ1) is 5.84. The summed E-state index contributed by atoms with van der Waals surface area (Å²) in [6.07, 6.45) is 2.90. The summed E-state index contributed by atoms with van der Waals surface area (Å²) in [5.41, 5.74) is 0.0130. The van der Waals surface area contributed by atoms with E-state index in [1.54, 1.807) is 20.8 Å². The Labute approximate surface area is 76.8 Å². The molecule has 0 atom stereocenters. The van der Waals surface area contributed by atoms with Gasteiger partial charge >= 0.3 is 5.97 Å². The van der Waals surface area contributed by atoms with E-state index < -0.39 is 11.4 Å². The van der Waals surface area contributed by atoms with E-state index in [4.69, 9.17) is 5.11 Å². The van der Waals surface area contributed by atoms with Crippen LogP contribution in [0.2, 0.25) is 0 Å². The molecule has 0 amide bonds. The van der Waals surface area contributed by atoms with E-state index in [-0.39, 0.29) is 11.4 Å². The monoisotopic (exact) mass is 180 g/mol. The Morgan fingerprint density at radius 3 is 2.38 bits per heavy atom. The highest BCUT2D eigenvalue weighted by molar-refractivity contribution is 6.06. The van der Waals surface area contributed by atoms with Crippen molar-refractivity contribution in [1.29, 1.82) is 0 Å². The molecule has 0 aromatic heterocycles. The zero-order valence-electron chi connectivity index (χ0n) is 7.92. The molecule has 0 aliphatic heterocycles. The van der Waals surface area contributed by atoms with Gasteiger partial charge in [-0.3, -0.25) is 4.79 Å². The molecule has 1 rings (SSSR count). The number of hydrogen-bond acceptors (Lipinski definition) is 2. The summed E-state index contributed by atoms with van der Waals surface area (Å²) < 4.78 is 0. The maximum absolute atomic E-state index is 11.5. The van der Waals surface area contributed by atoms with Crippen molar-refractivity contribution in [2.45, 2.75) is 20.8 Å². The fraction of sp³-hybridized carbons (Fsp3) is 0.400. The SMILES string of the molecule is CC1=CC(C(=O)O)=CC(C)(C)C1=O. The van der Waals surface area contributed by atoms with Gasteiger partial charge in [-0.15, -0.1) is 0 Å². The van der Waals surface area contributed by atoms with Crippen LogP contribution in [0.25, 0.3) is 0 Å². The van der Waals surface area contributed by atoms with Gasteiger partial charge in [-0.2, -0.15) is 0 Å². The van der Waals surface area contributed by atoms with Crippen molar-refractivity contribution < 1.29 is 14.7 Å². The van der Waals surface area contributed by atoms with Gasteiger partial charge in [-0.05, 0) is 32.4 Å². The van der Waals surface area contributed by atoms with Gasteiger partial charge in [-0.25, -0.2) is 4.79 Å². The van der Waals surface area contributed by atoms with Crippen molar-refractivity contribution >= 4 is 11.8 Å². The van der Waals surface area contributed by atoms with Crippen LogP contribution in [0, 0.1) is 5.41 Å². The van der Waals surface area contributed by atoms with Crippen molar-refractivity contribution in [1.82, 2.24) is 0 Å². The van der Waals surface area contributed by atoms with Crippen molar-refractivity contribution in [2.24, 2.45) is 5.41 Å². The smallest absolute Gasteiger partial charge is 0.335 e. The molecule has 1 N–H and O–H groups in total. The Balaban J connectivity index is 3.18. The maximum Gasteiger partial charge on any atom is 0.335 e. The Hall–Kier alpha value is -1.38. The van der Waals surface area contributed by atoms with Crippen LogP contribution in [0.3, 0.4) is 0 Å². The number of ketones is 1. The van der Waals surface area contributed by atoms with Gasteiger partial charge in [0.25, 0.3) is 0 Å². The summed E-state index contributed by atoms with van der Waals surface area (Å²) in [4.78, 5) is 22.2. The quantitative estimate of drug-likeness (QED) is 0.666. The van der Waals surface area contributed by atoms with Gasteiger partial charge in [0.15, 0.2) is 5.78 Å². The minimum absolute atomic E-state index is 0.0162. The number of hydrogen-bond donors (Lipinski definition) is 1. The molecular weight excluding hydrogens is 168 g/mol. The first-order valence-electron chi connectivity index (χ1n) is 4.04. The van der Waals surface area contributed by atoms with Gasteiger partial charge in [0.05, 0.1) is 5.57 Å². The summed E-state index contributed by atoms with van der Waals surface area (Å²) >= 11 is 0. The van der Waals surface area contributed by atoms with Crippen LogP contribution in [-0.2, 0) is 9.59 Å². The molecule has 0 spiro atoms. The second kappa shape index (κ2) is 2.83. The Morgan fingerprint density at radius 1 is 1.46 bits per heavy atom. The van der Waals surface area contributed by atoms with Crippen molar-refractivity contribution in [3.05, 3.63) is 23.3 Å². The molecule has 3 heteroatoms. The Bertz CT molecular complexity index is 332. The second-order valence-electron chi connectivity index (χ2n) is 3.78. The Kier molecular flexibility index (Phi) is 2.12. The van der Waals surface area contributed by atoms with Gasteiger partial charge in [0.2, 0.25) is 0 Å². The fourth-order valence-electron chi connectivity index (χ4n) is 1.43. The van der Waals surface area contributed by atoms with E-state index in [1.165, 1.54) is 12.2 Å². The molecule has 70 valence electrons. The number of allylic oxidation sites excluding steroid dienone is 2. The second-order valence-corrected chi connectivity index (χ2v) is 3.78. The summed E-state index contributed by atoms with van der Waals surface area (Å²) in [5, 5.41) is 8.75. The van der Waals surface area contributed by atoms with Crippen molar-refractivity contribution in [3.8, 4) is 0 Å². The van der Waals surface area contributed by atoms with E-state index in [0.717, 1.165) is 0 Å². The lowest BCUT2D eigenvalue weighted by molar-refractivity contribution is -0.132. The largest absolute Gasteiger partial charge is 0.478 e. The summed E-state index contributed by atoms with van der Waals surface area (Å²) in [6, 6.07) is 0. The van der Waals surface area contributed by atoms with Crippen LogP contribution in [0.4, 0.5) is 0 Å². The fourth-order valence-corrected chi connectivity index (χ4v) is 1.43. The molecule has 0 bridgehead atoms.